The molecule has 1 heterocycles. The van der Waals surface area contributed by atoms with Crippen LogP contribution >= 0.6 is 0 Å². The van der Waals surface area contributed by atoms with Gasteiger partial charge in [-0.2, -0.15) is 0 Å². The lowest BCUT2D eigenvalue weighted by atomic mass is 9.72. The maximum atomic E-state index is 6.13. The number of para-hydroxylation sites is 1. The van der Waals surface area contributed by atoms with E-state index in [2.05, 4.69) is 30.3 Å². The third-order valence-corrected chi connectivity index (χ3v) is 4.08. The second kappa shape index (κ2) is 6.77. The van der Waals surface area contributed by atoms with E-state index >= 15 is 0 Å². The van der Waals surface area contributed by atoms with Crippen LogP contribution in [0, 0.1) is 0 Å². The average molecular weight is 312 g/mol. The Bertz CT molecular complexity index is 844. The summed E-state index contributed by atoms with van der Waals surface area (Å²) < 4.78 is 12.1. The van der Waals surface area contributed by atoms with Crippen LogP contribution in [0.15, 0.2) is 84.9 Å². The van der Waals surface area contributed by atoms with Crippen LogP contribution in [0.3, 0.4) is 0 Å². The highest BCUT2D eigenvalue weighted by atomic mass is 16.6. The molecule has 0 radical (unpaired) electrons. The van der Waals surface area contributed by atoms with Crippen molar-refractivity contribution in [3.63, 3.8) is 0 Å². The molecule has 0 bridgehead atoms. The molecule has 3 aromatic rings. The topological polar surface area (TPSA) is 18.5 Å². The van der Waals surface area contributed by atoms with Gasteiger partial charge in [0.25, 0.3) is 0 Å². The van der Waals surface area contributed by atoms with Gasteiger partial charge < -0.3 is 9.31 Å². The van der Waals surface area contributed by atoms with Crippen molar-refractivity contribution in [2.45, 2.75) is 6.61 Å². The Labute approximate surface area is 142 Å². The molecule has 3 heteroatoms. The SMILES string of the molecule is C(=C(\B1OCc2ccccc2O1)c1ccccc1)/c1ccccc1. The third kappa shape index (κ3) is 3.12. The first-order valence-electron chi connectivity index (χ1n) is 8.08. The number of fused-ring (bicyclic) bond motifs is 1. The quantitative estimate of drug-likeness (QED) is 0.508. The van der Waals surface area contributed by atoms with Gasteiger partial charge in [0.2, 0.25) is 0 Å². The van der Waals surface area contributed by atoms with E-state index in [4.69, 9.17) is 9.31 Å². The van der Waals surface area contributed by atoms with Gasteiger partial charge in [0.05, 0.1) is 6.61 Å². The second-order valence-corrected chi connectivity index (χ2v) is 5.74. The Kier molecular flexibility index (Phi) is 4.17. The van der Waals surface area contributed by atoms with Crippen LogP contribution in [0.2, 0.25) is 0 Å². The van der Waals surface area contributed by atoms with Gasteiger partial charge in [-0.1, -0.05) is 84.9 Å². The van der Waals surface area contributed by atoms with Gasteiger partial charge in [-0.15, -0.1) is 0 Å². The van der Waals surface area contributed by atoms with Gasteiger partial charge >= 0.3 is 7.12 Å². The van der Waals surface area contributed by atoms with Crippen LogP contribution in [0.1, 0.15) is 16.7 Å². The van der Waals surface area contributed by atoms with E-state index in [-0.39, 0.29) is 0 Å². The summed E-state index contributed by atoms with van der Waals surface area (Å²) >= 11 is 0. The lowest BCUT2D eigenvalue weighted by Gasteiger charge is -2.25. The minimum Gasteiger partial charge on any atom is -0.532 e. The molecule has 4 rings (SSSR count). The van der Waals surface area contributed by atoms with Crippen molar-refractivity contribution < 1.29 is 9.31 Å². The molecule has 0 fully saturated rings. The molecule has 0 saturated carbocycles. The first kappa shape index (κ1) is 14.8. The van der Waals surface area contributed by atoms with Crippen molar-refractivity contribution >= 4 is 18.7 Å². The standard InChI is InChI=1S/C21H17BO2/c1-3-9-17(10-4-1)15-20(18-11-5-2-6-12-18)22-23-16-19-13-7-8-14-21(19)24-22/h1-15H,16H2/b20-15+. The molecule has 24 heavy (non-hydrogen) atoms. The molecule has 0 saturated heterocycles. The number of hydrogen-bond acceptors (Lipinski definition) is 2. The summed E-state index contributed by atoms with van der Waals surface area (Å²) in [5, 5.41) is 0. The van der Waals surface area contributed by atoms with E-state index < -0.39 is 7.12 Å². The van der Waals surface area contributed by atoms with Crippen LogP contribution in [0.25, 0.3) is 11.5 Å². The molecule has 0 aromatic heterocycles. The van der Waals surface area contributed by atoms with Crippen molar-refractivity contribution in [1.82, 2.24) is 0 Å². The predicted molar refractivity (Wildman–Crippen MR) is 98.4 cm³/mol. The first-order chi connectivity index (χ1) is 11.9. The fourth-order valence-electron chi connectivity index (χ4n) is 2.85. The van der Waals surface area contributed by atoms with Crippen molar-refractivity contribution in [3.8, 4) is 5.75 Å². The summed E-state index contributed by atoms with van der Waals surface area (Å²) in [5.41, 5.74) is 4.34. The highest BCUT2D eigenvalue weighted by Gasteiger charge is 2.32. The van der Waals surface area contributed by atoms with Crippen LogP contribution in [0.4, 0.5) is 0 Å². The molecule has 0 unspecified atom stereocenters. The Morgan fingerprint density at radius 1 is 0.792 bits per heavy atom. The summed E-state index contributed by atoms with van der Waals surface area (Å²) in [6.07, 6.45) is 2.13. The van der Waals surface area contributed by atoms with E-state index in [1.165, 1.54) is 0 Å². The molecular weight excluding hydrogens is 295 g/mol. The van der Waals surface area contributed by atoms with Gasteiger partial charge in [-0.3, -0.25) is 0 Å². The highest BCUT2D eigenvalue weighted by Crippen LogP contribution is 2.30. The summed E-state index contributed by atoms with van der Waals surface area (Å²) in [5.74, 6) is 0.892. The number of hydrogen-bond donors (Lipinski definition) is 0. The zero-order chi connectivity index (χ0) is 16.2. The maximum absolute atomic E-state index is 6.13. The van der Waals surface area contributed by atoms with Gasteiger partial charge in [0, 0.05) is 11.0 Å². The molecule has 3 aromatic carbocycles. The molecule has 0 atom stereocenters. The zero-order valence-corrected chi connectivity index (χ0v) is 13.3. The molecule has 0 aliphatic carbocycles. The van der Waals surface area contributed by atoms with Gasteiger partial charge in [-0.25, -0.2) is 0 Å². The van der Waals surface area contributed by atoms with Crippen molar-refractivity contribution in [2.75, 3.05) is 0 Å². The zero-order valence-electron chi connectivity index (χ0n) is 13.3. The monoisotopic (exact) mass is 312 g/mol. The summed E-state index contributed by atoms with van der Waals surface area (Å²) in [6, 6.07) is 28.5. The largest absolute Gasteiger partial charge is 0.563 e. The molecule has 1 aliphatic rings. The number of rotatable bonds is 3. The Balaban J connectivity index is 1.73. The molecule has 0 N–H and O–H groups in total. The van der Waals surface area contributed by atoms with Crippen molar-refractivity contribution in [3.05, 3.63) is 102 Å². The van der Waals surface area contributed by atoms with Crippen LogP contribution in [-0.2, 0) is 11.3 Å². The summed E-state index contributed by atoms with van der Waals surface area (Å²) in [4.78, 5) is 0. The number of benzene rings is 3. The smallest absolute Gasteiger partial charge is 0.532 e. The maximum Gasteiger partial charge on any atom is 0.563 e. The molecule has 116 valence electrons. The van der Waals surface area contributed by atoms with E-state index in [0.29, 0.717) is 6.61 Å². The Hall–Kier alpha value is -2.78. The van der Waals surface area contributed by atoms with Crippen LogP contribution in [0.5, 0.6) is 5.75 Å². The minimum absolute atomic E-state index is 0.414. The summed E-state index contributed by atoms with van der Waals surface area (Å²) in [6.45, 7) is 0.555. The lowest BCUT2D eigenvalue weighted by molar-refractivity contribution is 0.239. The van der Waals surface area contributed by atoms with Crippen LogP contribution in [-0.4, -0.2) is 7.12 Å². The normalized spacial score (nSPS) is 14.0. The third-order valence-electron chi connectivity index (χ3n) is 4.08. The summed E-state index contributed by atoms with van der Waals surface area (Å²) in [7, 11) is -0.414. The molecule has 0 spiro atoms. The second-order valence-electron chi connectivity index (χ2n) is 5.74. The average Bonchev–Trinajstić information content (AvgIpc) is 2.67. The minimum atomic E-state index is -0.414. The Morgan fingerprint density at radius 2 is 1.46 bits per heavy atom. The fraction of sp³-hybridized carbons (Fsp3) is 0.0476. The van der Waals surface area contributed by atoms with E-state index in [1.54, 1.807) is 0 Å². The van der Waals surface area contributed by atoms with Gasteiger partial charge in [0.15, 0.2) is 0 Å². The van der Waals surface area contributed by atoms with Crippen LogP contribution < -0.4 is 4.65 Å². The molecule has 1 aliphatic heterocycles. The molecule has 2 nitrogen and oxygen atoms in total. The fourth-order valence-corrected chi connectivity index (χ4v) is 2.85. The van der Waals surface area contributed by atoms with Crippen molar-refractivity contribution in [2.24, 2.45) is 0 Å². The van der Waals surface area contributed by atoms with Crippen molar-refractivity contribution in [1.29, 1.82) is 0 Å². The molecular formula is C21H17BO2. The molecule has 0 amide bonds. The van der Waals surface area contributed by atoms with Gasteiger partial charge in [0.1, 0.15) is 5.75 Å². The highest BCUT2D eigenvalue weighted by molar-refractivity contribution is 6.70. The van der Waals surface area contributed by atoms with Gasteiger partial charge in [-0.05, 0) is 17.2 Å². The van der Waals surface area contributed by atoms with E-state index in [0.717, 1.165) is 27.9 Å². The Morgan fingerprint density at radius 3 is 2.25 bits per heavy atom. The van der Waals surface area contributed by atoms with E-state index in [1.807, 2.05) is 60.7 Å². The first-order valence-corrected chi connectivity index (χ1v) is 8.08. The lowest BCUT2D eigenvalue weighted by Crippen LogP contribution is -2.32. The predicted octanol–water partition coefficient (Wildman–Crippen LogP) is 4.86. The van der Waals surface area contributed by atoms with E-state index in [9.17, 15) is 0 Å².